The summed E-state index contributed by atoms with van der Waals surface area (Å²) < 4.78 is 11.0. The third-order valence-electron chi connectivity index (χ3n) is 2.15. The van der Waals surface area contributed by atoms with Crippen molar-refractivity contribution in [1.29, 1.82) is 0 Å². The van der Waals surface area contributed by atoms with E-state index in [2.05, 4.69) is 5.32 Å². The number of hydrogen-bond donors (Lipinski definition) is 1. The van der Waals surface area contributed by atoms with Crippen molar-refractivity contribution in [2.45, 2.75) is 20.3 Å². The number of hydrogen-bond acceptors (Lipinski definition) is 3. The lowest BCUT2D eigenvalue weighted by Crippen LogP contribution is -2.27. The predicted molar refractivity (Wildman–Crippen MR) is 66.4 cm³/mol. The van der Waals surface area contributed by atoms with Gasteiger partial charge in [0.1, 0.15) is 6.61 Å². The van der Waals surface area contributed by atoms with Gasteiger partial charge in [-0.3, -0.25) is 4.79 Å². The first-order valence-corrected chi connectivity index (χ1v) is 5.89. The monoisotopic (exact) mass is 237 g/mol. The molecule has 1 aromatic rings. The lowest BCUT2D eigenvalue weighted by molar-refractivity contribution is -0.120. The summed E-state index contributed by atoms with van der Waals surface area (Å²) in [6.45, 7) is 5.30. The molecule has 0 radical (unpaired) electrons. The fourth-order valence-corrected chi connectivity index (χ4v) is 1.32. The molecule has 17 heavy (non-hydrogen) atoms. The Morgan fingerprint density at radius 2 is 1.82 bits per heavy atom. The Labute approximate surface area is 102 Å². The molecule has 1 N–H and O–H groups in total. The summed E-state index contributed by atoms with van der Waals surface area (Å²) in [5.41, 5.74) is 0. The van der Waals surface area contributed by atoms with E-state index >= 15 is 0 Å². The van der Waals surface area contributed by atoms with Gasteiger partial charge in [-0.1, -0.05) is 19.1 Å². The van der Waals surface area contributed by atoms with E-state index in [4.69, 9.17) is 9.47 Å². The molecule has 0 bridgehead atoms. The van der Waals surface area contributed by atoms with Gasteiger partial charge in [0, 0.05) is 6.42 Å². The van der Waals surface area contributed by atoms with Gasteiger partial charge in [-0.2, -0.15) is 0 Å². The SMILES string of the molecule is CCOc1ccccc1OCCNC(=O)CC. The van der Waals surface area contributed by atoms with E-state index < -0.39 is 0 Å². The van der Waals surface area contributed by atoms with Crippen molar-refractivity contribution in [2.75, 3.05) is 19.8 Å². The van der Waals surface area contributed by atoms with E-state index in [9.17, 15) is 4.79 Å². The van der Waals surface area contributed by atoms with Gasteiger partial charge in [-0.15, -0.1) is 0 Å². The quantitative estimate of drug-likeness (QED) is 0.738. The van der Waals surface area contributed by atoms with Crippen LogP contribution in [0.15, 0.2) is 24.3 Å². The normalized spacial score (nSPS) is 9.76. The Morgan fingerprint density at radius 1 is 1.18 bits per heavy atom. The molecule has 0 aliphatic rings. The maximum atomic E-state index is 11.0. The summed E-state index contributed by atoms with van der Waals surface area (Å²) in [5.74, 6) is 1.48. The molecule has 0 saturated heterocycles. The summed E-state index contributed by atoms with van der Waals surface area (Å²) in [7, 11) is 0. The average molecular weight is 237 g/mol. The maximum absolute atomic E-state index is 11.0. The number of carbonyl (C=O) groups is 1. The Hall–Kier alpha value is -1.71. The second kappa shape index (κ2) is 7.54. The number of rotatable bonds is 7. The molecule has 0 atom stereocenters. The molecular weight excluding hydrogens is 218 g/mol. The summed E-state index contributed by atoms with van der Waals surface area (Å²) >= 11 is 0. The number of ether oxygens (including phenoxy) is 2. The van der Waals surface area contributed by atoms with Crippen LogP contribution in [0, 0.1) is 0 Å². The molecule has 1 aromatic carbocycles. The minimum absolute atomic E-state index is 0.0340. The molecule has 0 aliphatic carbocycles. The van der Waals surface area contributed by atoms with Crippen molar-refractivity contribution in [3.05, 3.63) is 24.3 Å². The second-order valence-electron chi connectivity index (χ2n) is 3.43. The number of para-hydroxylation sites is 2. The highest BCUT2D eigenvalue weighted by molar-refractivity contribution is 5.75. The maximum Gasteiger partial charge on any atom is 0.219 e. The van der Waals surface area contributed by atoms with E-state index in [0.717, 1.165) is 5.75 Å². The van der Waals surface area contributed by atoms with Crippen LogP contribution in [0.1, 0.15) is 20.3 Å². The third kappa shape index (κ3) is 4.76. The highest BCUT2D eigenvalue weighted by Crippen LogP contribution is 2.25. The van der Waals surface area contributed by atoms with Crippen LogP contribution in [0.2, 0.25) is 0 Å². The molecule has 4 heteroatoms. The van der Waals surface area contributed by atoms with Crippen molar-refractivity contribution < 1.29 is 14.3 Å². The molecule has 1 amide bonds. The van der Waals surface area contributed by atoms with Crippen molar-refractivity contribution in [3.63, 3.8) is 0 Å². The van der Waals surface area contributed by atoms with Crippen LogP contribution in [0.3, 0.4) is 0 Å². The van der Waals surface area contributed by atoms with Gasteiger partial charge in [0.2, 0.25) is 5.91 Å². The van der Waals surface area contributed by atoms with Crippen LogP contribution < -0.4 is 14.8 Å². The smallest absolute Gasteiger partial charge is 0.219 e. The molecule has 0 aromatic heterocycles. The average Bonchev–Trinajstić information content (AvgIpc) is 2.36. The number of carbonyl (C=O) groups excluding carboxylic acids is 1. The number of benzene rings is 1. The minimum atomic E-state index is 0.0340. The highest BCUT2D eigenvalue weighted by Gasteiger charge is 2.03. The van der Waals surface area contributed by atoms with Gasteiger partial charge in [0.25, 0.3) is 0 Å². The highest BCUT2D eigenvalue weighted by atomic mass is 16.5. The van der Waals surface area contributed by atoms with Crippen LogP contribution in [-0.4, -0.2) is 25.7 Å². The van der Waals surface area contributed by atoms with Crippen molar-refractivity contribution >= 4 is 5.91 Å². The largest absolute Gasteiger partial charge is 0.490 e. The zero-order valence-corrected chi connectivity index (χ0v) is 10.4. The van der Waals surface area contributed by atoms with Gasteiger partial charge < -0.3 is 14.8 Å². The topological polar surface area (TPSA) is 47.6 Å². The molecule has 0 heterocycles. The van der Waals surface area contributed by atoms with Crippen LogP contribution in [0.25, 0.3) is 0 Å². The Morgan fingerprint density at radius 3 is 2.41 bits per heavy atom. The summed E-state index contributed by atoms with van der Waals surface area (Å²) in [6, 6.07) is 7.51. The van der Waals surface area contributed by atoms with Crippen LogP contribution in [0.4, 0.5) is 0 Å². The van der Waals surface area contributed by atoms with Gasteiger partial charge in [0.05, 0.1) is 13.2 Å². The number of nitrogens with one attached hydrogen (secondary N) is 1. The van der Waals surface area contributed by atoms with E-state index in [1.807, 2.05) is 38.1 Å². The first kappa shape index (κ1) is 13.4. The van der Waals surface area contributed by atoms with Gasteiger partial charge in [-0.05, 0) is 19.1 Å². The standard InChI is InChI=1S/C13H19NO3/c1-3-13(15)14-9-10-17-12-8-6-5-7-11(12)16-4-2/h5-8H,3-4,9-10H2,1-2H3,(H,14,15). The zero-order chi connectivity index (χ0) is 12.5. The van der Waals surface area contributed by atoms with Gasteiger partial charge >= 0.3 is 0 Å². The first-order chi connectivity index (χ1) is 8.27. The molecule has 4 nitrogen and oxygen atoms in total. The van der Waals surface area contributed by atoms with Gasteiger partial charge in [0.15, 0.2) is 11.5 Å². The Balaban J connectivity index is 2.38. The molecule has 0 spiro atoms. The second-order valence-corrected chi connectivity index (χ2v) is 3.43. The number of amides is 1. The fourth-order valence-electron chi connectivity index (χ4n) is 1.32. The van der Waals surface area contributed by atoms with E-state index in [1.165, 1.54) is 0 Å². The van der Waals surface area contributed by atoms with E-state index in [-0.39, 0.29) is 5.91 Å². The van der Waals surface area contributed by atoms with E-state index in [0.29, 0.717) is 31.9 Å². The van der Waals surface area contributed by atoms with Gasteiger partial charge in [-0.25, -0.2) is 0 Å². The van der Waals surface area contributed by atoms with Crippen molar-refractivity contribution in [2.24, 2.45) is 0 Å². The molecule has 1 rings (SSSR count). The summed E-state index contributed by atoms with van der Waals surface area (Å²) in [4.78, 5) is 11.0. The lowest BCUT2D eigenvalue weighted by Gasteiger charge is -2.11. The predicted octanol–water partition coefficient (Wildman–Crippen LogP) is 1.99. The minimum Gasteiger partial charge on any atom is -0.490 e. The van der Waals surface area contributed by atoms with E-state index in [1.54, 1.807) is 0 Å². The zero-order valence-electron chi connectivity index (χ0n) is 10.4. The molecule has 94 valence electrons. The van der Waals surface area contributed by atoms with Crippen molar-refractivity contribution in [3.8, 4) is 11.5 Å². The Bertz CT molecular complexity index is 352. The first-order valence-electron chi connectivity index (χ1n) is 5.89. The van der Waals surface area contributed by atoms with Crippen LogP contribution in [-0.2, 0) is 4.79 Å². The summed E-state index contributed by atoms with van der Waals surface area (Å²) in [6.07, 6.45) is 0.496. The Kier molecular flexibility index (Phi) is 5.93. The molecule has 0 fully saturated rings. The molecular formula is C13H19NO3. The summed E-state index contributed by atoms with van der Waals surface area (Å²) in [5, 5.41) is 2.75. The van der Waals surface area contributed by atoms with Crippen LogP contribution in [0.5, 0.6) is 11.5 Å². The molecule has 0 unspecified atom stereocenters. The molecule has 0 aliphatic heterocycles. The lowest BCUT2D eigenvalue weighted by atomic mass is 10.3. The van der Waals surface area contributed by atoms with Crippen LogP contribution >= 0.6 is 0 Å². The third-order valence-corrected chi connectivity index (χ3v) is 2.15. The fraction of sp³-hybridized carbons (Fsp3) is 0.462. The van der Waals surface area contributed by atoms with Crippen molar-refractivity contribution in [1.82, 2.24) is 5.32 Å². The molecule has 0 saturated carbocycles.